The molecule has 0 aromatic heterocycles. The van der Waals surface area contributed by atoms with Gasteiger partial charge in [0.1, 0.15) is 0 Å². The standard InChI is InChI=1S/C9H17NO2.C2H6/c1-5-8(12)10-9(6(2)3)7(4)11;1-2/h6,9H,5H2,1-4H3,(H,10,12);1-2H3. The average molecular weight is 201 g/mol. The van der Waals surface area contributed by atoms with E-state index >= 15 is 0 Å². The molecule has 0 spiro atoms. The number of Topliss-reactive ketones (excluding diaryl/α,β-unsaturated/α-hetero) is 1. The van der Waals surface area contributed by atoms with E-state index < -0.39 is 0 Å². The second-order valence-corrected chi connectivity index (χ2v) is 3.25. The van der Waals surface area contributed by atoms with Crippen molar-refractivity contribution < 1.29 is 9.59 Å². The van der Waals surface area contributed by atoms with Crippen LogP contribution in [0.3, 0.4) is 0 Å². The molecule has 0 saturated carbocycles. The third-order valence-corrected chi connectivity index (χ3v) is 1.74. The van der Waals surface area contributed by atoms with Gasteiger partial charge in [-0.25, -0.2) is 0 Å². The third-order valence-electron chi connectivity index (χ3n) is 1.74. The number of nitrogens with one attached hydrogen (secondary N) is 1. The van der Waals surface area contributed by atoms with Crippen molar-refractivity contribution in [2.75, 3.05) is 0 Å². The lowest BCUT2D eigenvalue weighted by Crippen LogP contribution is -2.43. The molecule has 0 aromatic carbocycles. The van der Waals surface area contributed by atoms with Crippen molar-refractivity contribution in [3.63, 3.8) is 0 Å². The van der Waals surface area contributed by atoms with Gasteiger partial charge in [-0.2, -0.15) is 0 Å². The molecule has 0 bridgehead atoms. The summed E-state index contributed by atoms with van der Waals surface area (Å²) in [5.74, 6) is 0.119. The summed E-state index contributed by atoms with van der Waals surface area (Å²) in [4.78, 5) is 22.0. The van der Waals surface area contributed by atoms with E-state index in [4.69, 9.17) is 0 Å². The van der Waals surface area contributed by atoms with Crippen molar-refractivity contribution in [2.45, 2.75) is 54.0 Å². The highest BCUT2D eigenvalue weighted by molar-refractivity contribution is 5.87. The highest BCUT2D eigenvalue weighted by Gasteiger charge is 2.19. The molecule has 84 valence electrons. The largest absolute Gasteiger partial charge is 0.346 e. The van der Waals surface area contributed by atoms with Gasteiger partial charge in [0.15, 0.2) is 5.78 Å². The van der Waals surface area contributed by atoms with E-state index in [2.05, 4.69) is 5.32 Å². The molecular formula is C11H23NO2. The number of hydrogen-bond acceptors (Lipinski definition) is 2. The minimum absolute atomic E-state index is 0.0202. The Morgan fingerprint density at radius 3 is 1.86 bits per heavy atom. The third kappa shape index (κ3) is 6.63. The van der Waals surface area contributed by atoms with E-state index in [9.17, 15) is 9.59 Å². The number of amides is 1. The Morgan fingerprint density at radius 2 is 1.64 bits per heavy atom. The van der Waals surface area contributed by atoms with Crippen LogP contribution < -0.4 is 5.32 Å². The first-order valence-electron chi connectivity index (χ1n) is 5.28. The highest BCUT2D eigenvalue weighted by atomic mass is 16.2. The Morgan fingerprint density at radius 1 is 1.21 bits per heavy atom. The lowest BCUT2D eigenvalue weighted by Gasteiger charge is -2.18. The number of carbonyl (C=O) groups is 2. The van der Waals surface area contributed by atoms with E-state index in [1.165, 1.54) is 6.92 Å². The number of carbonyl (C=O) groups excluding carboxylic acids is 2. The van der Waals surface area contributed by atoms with Gasteiger partial charge in [0.25, 0.3) is 0 Å². The summed E-state index contributed by atoms with van der Waals surface area (Å²) < 4.78 is 0. The van der Waals surface area contributed by atoms with Crippen LogP contribution in [0.1, 0.15) is 48.0 Å². The molecule has 0 saturated heterocycles. The molecule has 1 atom stereocenters. The smallest absolute Gasteiger partial charge is 0.220 e. The fourth-order valence-corrected chi connectivity index (χ4v) is 1.01. The molecule has 0 rings (SSSR count). The molecule has 0 aliphatic carbocycles. The molecule has 14 heavy (non-hydrogen) atoms. The molecule has 0 heterocycles. The van der Waals surface area contributed by atoms with E-state index in [-0.39, 0.29) is 23.7 Å². The van der Waals surface area contributed by atoms with Crippen LogP contribution in [0, 0.1) is 5.92 Å². The molecular weight excluding hydrogens is 178 g/mol. The highest BCUT2D eigenvalue weighted by Crippen LogP contribution is 2.02. The zero-order valence-electron chi connectivity index (χ0n) is 10.2. The number of ketones is 1. The van der Waals surface area contributed by atoms with Gasteiger partial charge in [-0.3, -0.25) is 9.59 Å². The molecule has 1 amide bonds. The molecule has 3 nitrogen and oxygen atoms in total. The van der Waals surface area contributed by atoms with Gasteiger partial charge in [-0.1, -0.05) is 34.6 Å². The van der Waals surface area contributed by atoms with Crippen molar-refractivity contribution in [3.05, 3.63) is 0 Å². The van der Waals surface area contributed by atoms with Crippen molar-refractivity contribution in [3.8, 4) is 0 Å². The first kappa shape index (κ1) is 15.6. The first-order valence-corrected chi connectivity index (χ1v) is 5.28. The van der Waals surface area contributed by atoms with Crippen molar-refractivity contribution in [1.29, 1.82) is 0 Å². The summed E-state index contributed by atoms with van der Waals surface area (Å²) in [6.45, 7) is 11.1. The quantitative estimate of drug-likeness (QED) is 0.757. The van der Waals surface area contributed by atoms with Gasteiger partial charge < -0.3 is 5.32 Å². The Labute approximate surface area is 87.3 Å². The van der Waals surface area contributed by atoms with E-state index in [1.807, 2.05) is 27.7 Å². The second kappa shape index (κ2) is 8.73. The Hall–Kier alpha value is -0.860. The molecule has 0 aromatic rings. The molecule has 0 aliphatic rings. The Bertz CT molecular complexity index is 176. The Kier molecular flexibility index (Phi) is 9.73. The lowest BCUT2D eigenvalue weighted by atomic mass is 10.0. The zero-order valence-corrected chi connectivity index (χ0v) is 10.2. The SMILES string of the molecule is CC.CCC(=O)NC(C(C)=O)C(C)C. The predicted octanol–water partition coefficient (Wildman–Crippen LogP) is 2.15. The second-order valence-electron chi connectivity index (χ2n) is 3.25. The van der Waals surface area contributed by atoms with Crippen LogP contribution in [0.2, 0.25) is 0 Å². The van der Waals surface area contributed by atoms with Crippen LogP contribution >= 0.6 is 0 Å². The number of hydrogen-bond donors (Lipinski definition) is 1. The van der Waals surface area contributed by atoms with E-state index in [0.29, 0.717) is 6.42 Å². The van der Waals surface area contributed by atoms with Gasteiger partial charge in [-0.05, 0) is 12.8 Å². The Balaban J connectivity index is 0. The molecule has 0 radical (unpaired) electrons. The molecule has 1 unspecified atom stereocenters. The minimum Gasteiger partial charge on any atom is -0.346 e. The topological polar surface area (TPSA) is 46.2 Å². The van der Waals surface area contributed by atoms with Crippen molar-refractivity contribution in [1.82, 2.24) is 5.32 Å². The van der Waals surface area contributed by atoms with Gasteiger partial charge in [-0.15, -0.1) is 0 Å². The van der Waals surface area contributed by atoms with Crippen LogP contribution in [-0.2, 0) is 9.59 Å². The maximum Gasteiger partial charge on any atom is 0.220 e. The van der Waals surface area contributed by atoms with Gasteiger partial charge in [0.05, 0.1) is 6.04 Å². The number of rotatable bonds is 4. The van der Waals surface area contributed by atoms with Crippen LogP contribution in [0.4, 0.5) is 0 Å². The fourth-order valence-electron chi connectivity index (χ4n) is 1.01. The summed E-state index contributed by atoms with van der Waals surface area (Å²) in [7, 11) is 0. The normalized spacial score (nSPS) is 11.4. The van der Waals surface area contributed by atoms with Gasteiger partial charge in [0.2, 0.25) is 5.91 Å². The maximum absolute atomic E-state index is 11.0. The summed E-state index contributed by atoms with van der Waals surface area (Å²) in [6.07, 6.45) is 0.427. The molecule has 3 heteroatoms. The molecule has 1 N–H and O–H groups in total. The summed E-state index contributed by atoms with van der Waals surface area (Å²) in [5.41, 5.74) is 0. The first-order chi connectivity index (χ1) is 6.49. The van der Waals surface area contributed by atoms with Crippen LogP contribution in [-0.4, -0.2) is 17.7 Å². The van der Waals surface area contributed by atoms with Crippen LogP contribution in [0.15, 0.2) is 0 Å². The minimum atomic E-state index is -0.322. The van der Waals surface area contributed by atoms with E-state index in [0.717, 1.165) is 0 Å². The van der Waals surface area contributed by atoms with Gasteiger partial charge in [0, 0.05) is 6.42 Å². The summed E-state index contributed by atoms with van der Waals surface area (Å²) in [6, 6.07) is -0.322. The van der Waals surface area contributed by atoms with Gasteiger partial charge >= 0.3 is 0 Å². The molecule has 0 fully saturated rings. The van der Waals surface area contributed by atoms with Crippen molar-refractivity contribution >= 4 is 11.7 Å². The van der Waals surface area contributed by atoms with Crippen LogP contribution in [0.25, 0.3) is 0 Å². The van der Waals surface area contributed by atoms with Crippen molar-refractivity contribution in [2.24, 2.45) is 5.92 Å². The summed E-state index contributed by atoms with van der Waals surface area (Å²) in [5, 5.41) is 2.68. The maximum atomic E-state index is 11.0. The predicted molar refractivity (Wildman–Crippen MR) is 59.1 cm³/mol. The molecule has 0 aliphatic heterocycles. The monoisotopic (exact) mass is 201 g/mol. The van der Waals surface area contributed by atoms with Crippen LogP contribution in [0.5, 0.6) is 0 Å². The van der Waals surface area contributed by atoms with E-state index in [1.54, 1.807) is 6.92 Å². The lowest BCUT2D eigenvalue weighted by molar-refractivity contribution is -0.127. The average Bonchev–Trinajstić information content (AvgIpc) is 2.15. The fraction of sp³-hybridized carbons (Fsp3) is 0.818. The zero-order chi connectivity index (χ0) is 11.7. The summed E-state index contributed by atoms with van der Waals surface area (Å²) >= 11 is 0.